The lowest BCUT2D eigenvalue weighted by Gasteiger charge is -2.34. The zero-order valence-corrected chi connectivity index (χ0v) is 18.7. The predicted molar refractivity (Wildman–Crippen MR) is 132 cm³/mol. The maximum atomic E-state index is 13.6. The van der Waals surface area contributed by atoms with Gasteiger partial charge in [-0.1, -0.05) is 0 Å². The fraction of sp³-hybridized carbons (Fsp3) is 0.519. The van der Waals surface area contributed by atoms with Gasteiger partial charge >= 0.3 is 0 Å². The quantitative estimate of drug-likeness (QED) is 0.515. The Kier molecular flexibility index (Phi) is 3.34. The summed E-state index contributed by atoms with van der Waals surface area (Å²) in [5, 5.41) is 0. The van der Waals surface area contributed by atoms with Crippen LogP contribution in [0.25, 0.3) is 0 Å². The van der Waals surface area contributed by atoms with E-state index in [2.05, 4.69) is 0 Å². The van der Waals surface area contributed by atoms with Gasteiger partial charge in [0.1, 0.15) is 0 Å². The molecule has 1 atom stereocenters. The molecule has 1 aliphatic heterocycles. The average Bonchev–Trinajstić information content (AvgIpc) is 2.96. The number of nitrogens with zero attached hydrogens (tertiary/aromatic N) is 2. The Labute approximate surface area is 226 Å². The first-order chi connectivity index (χ1) is 23.0. The fourth-order valence-electron chi connectivity index (χ4n) is 3.88. The van der Waals surface area contributed by atoms with E-state index < -0.39 is 95.2 Å². The maximum absolute atomic E-state index is 13.6. The molecule has 184 valence electrons. The number of hydrogen-bond donors (Lipinski definition) is 0. The molecule has 1 aliphatic carbocycles. The van der Waals surface area contributed by atoms with Gasteiger partial charge in [0.25, 0.3) is 0 Å². The lowest BCUT2D eigenvalue weighted by atomic mass is 9.77. The molecular formula is C27H36N2O5. The van der Waals surface area contributed by atoms with Crippen LogP contribution in [0, 0.1) is 0 Å². The summed E-state index contributed by atoms with van der Waals surface area (Å²) in [5.74, 6) is -3.14. The first-order valence-corrected chi connectivity index (χ1v) is 10.4. The van der Waals surface area contributed by atoms with E-state index in [1.807, 2.05) is 0 Å². The molecule has 2 aliphatic rings. The topological polar surface area (TPSA) is 60.5 Å². The molecule has 0 aromatic heterocycles. The molecule has 0 bridgehead atoms. The van der Waals surface area contributed by atoms with Gasteiger partial charge in [-0.05, 0) is 79.2 Å². The van der Waals surface area contributed by atoms with Crippen LogP contribution in [-0.2, 0) is 24.0 Å². The third-order valence-corrected chi connectivity index (χ3v) is 5.69. The summed E-state index contributed by atoms with van der Waals surface area (Å²) in [7, 11) is -3.55. The van der Waals surface area contributed by atoms with E-state index >= 15 is 0 Å². The Hall–Kier alpha value is -2.93. The van der Waals surface area contributed by atoms with Crippen LogP contribution in [0.15, 0.2) is 24.3 Å². The molecule has 0 N–H and O–H groups in total. The van der Waals surface area contributed by atoms with Crippen molar-refractivity contribution in [3.05, 3.63) is 46.5 Å². The van der Waals surface area contributed by atoms with E-state index in [0.717, 1.165) is 12.1 Å². The molecule has 1 unspecified atom stereocenters. The second-order valence-corrected chi connectivity index (χ2v) is 7.65. The lowest BCUT2D eigenvalue weighted by Crippen LogP contribution is -2.36. The van der Waals surface area contributed by atoms with Crippen LogP contribution in [0.2, 0.25) is 0 Å². The number of amides is 1. The van der Waals surface area contributed by atoms with Crippen molar-refractivity contribution in [1.82, 2.24) is 9.80 Å². The third kappa shape index (κ3) is 4.94. The highest BCUT2D eigenvalue weighted by atomic mass is 16.5. The summed E-state index contributed by atoms with van der Waals surface area (Å²) < 4.78 is 160. The Morgan fingerprint density at radius 3 is 2.41 bits per heavy atom. The highest BCUT2D eigenvalue weighted by molar-refractivity contribution is 5.80. The van der Waals surface area contributed by atoms with Crippen molar-refractivity contribution in [1.29, 1.82) is 0 Å². The fourth-order valence-corrected chi connectivity index (χ4v) is 3.88. The van der Waals surface area contributed by atoms with Crippen LogP contribution in [0.3, 0.4) is 0 Å². The Balaban J connectivity index is 1.70. The van der Waals surface area contributed by atoms with Crippen molar-refractivity contribution >= 4 is 5.91 Å². The van der Waals surface area contributed by atoms with Crippen molar-refractivity contribution < 1.29 is 47.0 Å². The smallest absolute Gasteiger partial charge is 0.227 e. The molecule has 0 saturated carbocycles. The Morgan fingerprint density at radius 1 is 1.03 bits per heavy atom. The van der Waals surface area contributed by atoms with Gasteiger partial charge in [-0.2, -0.15) is 0 Å². The molecule has 0 fully saturated rings. The second-order valence-electron chi connectivity index (χ2n) is 7.65. The third-order valence-electron chi connectivity index (χ3n) is 5.69. The highest BCUT2D eigenvalue weighted by Crippen LogP contribution is 2.42. The van der Waals surface area contributed by atoms with Crippen LogP contribution in [0.4, 0.5) is 0 Å². The van der Waals surface area contributed by atoms with Crippen LogP contribution in [-0.4, -0.2) is 77.0 Å². The zero-order valence-electron chi connectivity index (χ0n) is 35.7. The van der Waals surface area contributed by atoms with Gasteiger partial charge in [-0.25, -0.2) is 0 Å². The standard InChI is InChI=1S/C27H36N2O5/c1-28(17-21-11-20-14-25(33-4)26(34-5)16-22(20)21)8-6-9-29-10-7-18-12-23(31-2)24(32-3)13-19(18)15-27(29)30/h12-14,16,21H,6-11,15,17H2,1-5H3/i1D3,2D3,3D3,7D2,8D2,10D2,17D2. The van der Waals surface area contributed by atoms with Crippen LogP contribution in [0.1, 0.15) is 57.9 Å². The van der Waals surface area contributed by atoms with Crippen LogP contribution < -0.4 is 18.9 Å². The molecule has 0 spiro atoms. The summed E-state index contributed by atoms with van der Waals surface area (Å²) >= 11 is 0. The van der Waals surface area contributed by atoms with Gasteiger partial charge in [0.2, 0.25) is 5.91 Å². The van der Waals surface area contributed by atoms with Crippen LogP contribution in [0.5, 0.6) is 23.0 Å². The second kappa shape index (κ2) is 10.6. The van der Waals surface area contributed by atoms with Gasteiger partial charge < -0.3 is 28.7 Å². The number of methoxy groups -OCH3 is 4. The minimum absolute atomic E-state index is 0.0118. The van der Waals surface area contributed by atoms with E-state index in [1.165, 1.54) is 20.3 Å². The molecule has 4 rings (SSSR count). The summed E-state index contributed by atoms with van der Waals surface area (Å²) in [6, 6.07) is 4.65. The van der Waals surface area contributed by atoms with Gasteiger partial charge in [-0.15, -0.1) is 0 Å². The molecule has 7 nitrogen and oxygen atoms in total. The van der Waals surface area contributed by atoms with E-state index in [9.17, 15) is 4.79 Å². The first kappa shape index (κ1) is 10.8. The minimum atomic E-state index is -3.40. The Bertz CT molecular complexity index is 1660. The molecule has 1 heterocycles. The summed E-state index contributed by atoms with van der Waals surface area (Å²) in [4.78, 5) is 14.0. The van der Waals surface area contributed by atoms with E-state index in [-0.39, 0.29) is 22.6 Å². The molecule has 7 heteroatoms. The molecule has 34 heavy (non-hydrogen) atoms. The molecule has 0 saturated heterocycles. The lowest BCUT2D eigenvalue weighted by molar-refractivity contribution is -0.130. The molecule has 2 aromatic rings. The largest absolute Gasteiger partial charge is 0.493 e. The summed E-state index contributed by atoms with van der Waals surface area (Å²) in [6.07, 6.45) is -4.97. The Morgan fingerprint density at radius 2 is 1.71 bits per heavy atom. The van der Waals surface area contributed by atoms with Crippen molar-refractivity contribution in [3.8, 4) is 23.0 Å². The zero-order chi connectivity index (χ0) is 38.9. The average molecular weight is 486 g/mol. The van der Waals surface area contributed by atoms with E-state index in [0.29, 0.717) is 21.8 Å². The number of aryl methyl sites for hydroxylation is 1. The molecule has 2 aromatic carbocycles. The maximum Gasteiger partial charge on any atom is 0.227 e. The molecular weight excluding hydrogens is 432 g/mol. The summed E-state index contributed by atoms with van der Waals surface area (Å²) in [5.41, 5.74) is 0.112. The number of hydrogen-bond acceptors (Lipinski definition) is 6. The van der Waals surface area contributed by atoms with Gasteiger partial charge in [0, 0.05) is 40.5 Å². The van der Waals surface area contributed by atoms with Crippen LogP contribution >= 0.6 is 0 Å². The van der Waals surface area contributed by atoms with Gasteiger partial charge in [0.05, 0.1) is 42.9 Å². The summed E-state index contributed by atoms with van der Waals surface area (Å²) in [6.45, 7) is -13.6. The van der Waals surface area contributed by atoms with Crippen molar-refractivity contribution in [3.63, 3.8) is 0 Å². The normalized spacial score (nSPS) is 29.3. The minimum Gasteiger partial charge on any atom is -0.493 e. The molecule has 1 amide bonds. The number of fused-ring (bicyclic) bond motifs is 2. The highest BCUT2D eigenvalue weighted by Gasteiger charge is 2.29. The number of ether oxygens (including phenoxy) is 4. The van der Waals surface area contributed by atoms with Crippen molar-refractivity contribution in [2.45, 2.75) is 31.6 Å². The number of benzene rings is 2. The first-order valence-electron chi connectivity index (χ1n) is 18.9. The number of carbonyl (C=O) groups is 1. The number of carbonyl (C=O) groups excluding carboxylic acids is 1. The number of likely N-dealkylation sites (N-methyl/N-ethyl adjacent to an activating group) is 1. The van der Waals surface area contributed by atoms with Crippen molar-refractivity contribution in [2.24, 2.45) is 0 Å². The van der Waals surface area contributed by atoms with Gasteiger partial charge in [0.15, 0.2) is 23.0 Å². The number of rotatable bonds is 10. The predicted octanol–water partition coefficient (Wildman–Crippen LogP) is 3.31. The van der Waals surface area contributed by atoms with E-state index in [4.69, 9.17) is 42.3 Å². The van der Waals surface area contributed by atoms with Crippen molar-refractivity contribution in [2.75, 3.05) is 61.3 Å². The van der Waals surface area contributed by atoms with E-state index in [1.54, 1.807) is 6.07 Å². The SMILES string of the molecule is [2H]C([2H])([2H])Oc1cc2c(cc1OC([2H])([2H])[2H])C([2H])([2H])C([2H])([2H])N(CCC([2H])([2H])N(C([2H])([2H])[2H])C([2H])([2H])C1Cc3cc(OC)c(OC)cc31)C(=O)C2. The van der Waals surface area contributed by atoms with Gasteiger partial charge in [-0.3, -0.25) is 4.79 Å². The molecule has 0 radical (unpaired) electrons. The monoisotopic (exact) mass is 485 g/mol.